The average Bonchev–Trinajstić information content (AvgIpc) is 3.39. The molecule has 0 radical (unpaired) electrons. The zero-order valence-electron chi connectivity index (χ0n) is 22.8. The SMILES string of the molecule is C[C@H]1Cc2ccc(C(F)(F)F)cc2S(=O)(=O)N(Cc2cccc(-n3ccc(C(=O)O)c3[C@@H]3C[C@H]3c3cn(C)nn3)c2)C1. The quantitative estimate of drug-likeness (QED) is 0.335. The molecule has 0 saturated heterocycles. The fourth-order valence-electron chi connectivity index (χ4n) is 5.91. The topological polar surface area (TPSA) is 110 Å². The number of aromatic carboxylic acids is 1. The number of aryl methyl sites for hydroxylation is 1. The maximum atomic E-state index is 13.7. The Hall–Kier alpha value is -3.97. The molecule has 1 N–H and O–H groups in total. The van der Waals surface area contributed by atoms with E-state index in [0.29, 0.717) is 35.3 Å². The summed E-state index contributed by atoms with van der Waals surface area (Å²) in [5.41, 5.74) is 2.23. The first-order valence-electron chi connectivity index (χ1n) is 13.4. The van der Waals surface area contributed by atoms with Gasteiger partial charge < -0.3 is 9.67 Å². The Labute approximate surface area is 240 Å². The number of carbonyl (C=O) groups is 1. The lowest BCUT2D eigenvalue weighted by Crippen LogP contribution is -2.33. The number of fused-ring (bicyclic) bond motifs is 1. The summed E-state index contributed by atoms with van der Waals surface area (Å²) in [6.45, 7) is 1.96. The summed E-state index contributed by atoms with van der Waals surface area (Å²) in [4.78, 5) is 11.8. The molecule has 2 aromatic carbocycles. The van der Waals surface area contributed by atoms with E-state index in [-0.39, 0.29) is 41.3 Å². The van der Waals surface area contributed by atoms with Gasteiger partial charge in [0.05, 0.1) is 21.7 Å². The smallest absolute Gasteiger partial charge is 0.416 e. The van der Waals surface area contributed by atoms with Crippen molar-refractivity contribution in [1.29, 1.82) is 0 Å². The minimum Gasteiger partial charge on any atom is -0.478 e. The van der Waals surface area contributed by atoms with Crippen LogP contribution in [0.15, 0.2) is 65.8 Å². The van der Waals surface area contributed by atoms with E-state index in [1.807, 2.05) is 19.2 Å². The van der Waals surface area contributed by atoms with Crippen LogP contribution in [0.2, 0.25) is 0 Å². The molecule has 0 spiro atoms. The molecule has 0 amide bonds. The zero-order chi connectivity index (χ0) is 30.0. The van der Waals surface area contributed by atoms with Crippen molar-refractivity contribution in [1.82, 2.24) is 23.9 Å². The first kappa shape index (κ1) is 28.2. The van der Waals surface area contributed by atoms with Gasteiger partial charge in [0, 0.05) is 55.7 Å². The van der Waals surface area contributed by atoms with E-state index in [1.165, 1.54) is 10.4 Å². The van der Waals surface area contributed by atoms with Crippen LogP contribution >= 0.6 is 0 Å². The van der Waals surface area contributed by atoms with Crippen LogP contribution in [-0.4, -0.2) is 49.9 Å². The van der Waals surface area contributed by atoms with Crippen LogP contribution in [0.5, 0.6) is 0 Å². The van der Waals surface area contributed by atoms with E-state index < -0.39 is 27.7 Å². The van der Waals surface area contributed by atoms with Crippen molar-refractivity contribution in [2.45, 2.75) is 49.2 Å². The first-order valence-corrected chi connectivity index (χ1v) is 14.9. The molecular weight excluding hydrogens is 571 g/mol. The van der Waals surface area contributed by atoms with Crippen molar-refractivity contribution in [2.75, 3.05) is 6.54 Å². The van der Waals surface area contributed by atoms with Gasteiger partial charge >= 0.3 is 12.1 Å². The Bertz CT molecular complexity index is 1800. The van der Waals surface area contributed by atoms with Gasteiger partial charge in [0.1, 0.15) is 0 Å². The van der Waals surface area contributed by atoms with Gasteiger partial charge in [-0.05, 0) is 60.2 Å². The highest BCUT2D eigenvalue weighted by Crippen LogP contribution is 2.55. The van der Waals surface area contributed by atoms with E-state index in [0.717, 1.165) is 17.8 Å². The van der Waals surface area contributed by atoms with E-state index in [2.05, 4.69) is 10.3 Å². The standard InChI is InChI=1S/C29H28F3N5O4S/c1-17-10-19-6-7-20(29(30,31)32)12-26(19)42(40,41)36(14-17)15-18-4-3-5-21(11-18)37-9-8-22(28(38)39)27(37)24-13-23(24)25-16-35(2)34-33-25/h3-9,11-12,16-17,23-24H,10,13-15H2,1-2H3,(H,38,39)/t17-,23+,24+/m0/s1. The molecule has 13 heteroatoms. The summed E-state index contributed by atoms with van der Waals surface area (Å²) in [5.74, 6) is -1.23. The van der Waals surface area contributed by atoms with Crippen LogP contribution in [-0.2, 0) is 36.2 Å². The number of alkyl halides is 3. The molecule has 2 aliphatic rings. The lowest BCUT2D eigenvalue weighted by molar-refractivity contribution is -0.137. The fourth-order valence-corrected chi connectivity index (χ4v) is 7.72. The van der Waals surface area contributed by atoms with Gasteiger partial charge in [-0.2, -0.15) is 17.5 Å². The van der Waals surface area contributed by atoms with Crippen LogP contribution in [0.4, 0.5) is 13.2 Å². The largest absolute Gasteiger partial charge is 0.478 e. The predicted octanol–water partition coefficient (Wildman–Crippen LogP) is 4.98. The molecular formula is C29H28F3N5O4S. The van der Waals surface area contributed by atoms with Crippen LogP contribution in [0, 0.1) is 5.92 Å². The summed E-state index contributed by atoms with van der Waals surface area (Å²) in [7, 11) is -2.46. The second-order valence-corrected chi connectivity index (χ2v) is 13.1. The Morgan fingerprint density at radius 1 is 1.12 bits per heavy atom. The molecule has 4 aromatic rings. The predicted molar refractivity (Wildman–Crippen MR) is 146 cm³/mol. The number of rotatable bonds is 6. The number of carboxylic acid groups (broad SMARTS) is 1. The summed E-state index contributed by atoms with van der Waals surface area (Å²) < 4.78 is 72.4. The van der Waals surface area contributed by atoms with Crippen molar-refractivity contribution in [3.05, 3.63) is 94.6 Å². The van der Waals surface area contributed by atoms with Crippen LogP contribution < -0.4 is 0 Å². The summed E-state index contributed by atoms with van der Waals surface area (Å²) >= 11 is 0. The van der Waals surface area contributed by atoms with Crippen LogP contribution in [0.3, 0.4) is 0 Å². The van der Waals surface area contributed by atoms with Gasteiger partial charge in [-0.1, -0.05) is 30.3 Å². The molecule has 42 heavy (non-hydrogen) atoms. The normalized spacial score (nSPS) is 22.0. The Balaban J connectivity index is 1.33. The highest BCUT2D eigenvalue weighted by Gasteiger charge is 2.45. The maximum Gasteiger partial charge on any atom is 0.416 e. The lowest BCUT2D eigenvalue weighted by Gasteiger charge is -2.23. The van der Waals surface area contributed by atoms with Crippen LogP contribution in [0.25, 0.3) is 5.69 Å². The molecule has 1 fully saturated rings. The minimum absolute atomic E-state index is 0.0269. The van der Waals surface area contributed by atoms with Crippen molar-refractivity contribution < 1.29 is 31.5 Å². The number of halogens is 3. The first-order chi connectivity index (χ1) is 19.8. The van der Waals surface area contributed by atoms with E-state index >= 15 is 0 Å². The van der Waals surface area contributed by atoms with Gasteiger partial charge in [0.15, 0.2) is 0 Å². The molecule has 3 atom stereocenters. The molecule has 1 aliphatic heterocycles. The van der Waals surface area contributed by atoms with Crippen molar-refractivity contribution in [3.8, 4) is 5.69 Å². The number of sulfonamides is 1. The molecule has 6 rings (SSSR count). The molecule has 1 aliphatic carbocycles. The average molecular weight is 600 g/mol. The molecule has 220 valence electrons. The van der Waals surface area contributed by atoms with E-state index in [4.69, 9.17) is 0 Å². The zero-order valence-corrected chi connectivity index (χ0v) is 23.6. The third kappa shape index (κ3) is 5.11. The van der Waals surface area contributed by atoms with Gasteiger partial charge in [0.25, 0.3) is 0 Å². The number of carboxylic acids is 1. The third-order valence-corrected chi connectivity index (χ3v) is 9.84. The lowest BCUT2D eigenvalue weighted by atomic mass is 9.99. The van der Waals surface area contributed by atoms with Crippen molar-refractivity contribution >= 4 is 16.0 Å². The number of benzene rings is 2. The second kappa shape index (κ2) is 10.1. The molecule has 2 aromatic heterocycles. The molecule has 9 nitrogen and oxygen atoms in total. The molecule has 0 bridgehead atoms. The fraction of sp³-hybridized carbons (Fsp3) is 0.345. The monoisotopic (exact) mass is 599 g/mol. The molecule has 1 saturated carbocycles. The maximum absolute atomic E-state index is 13.7. The number of nitrogens with zero attached hydrogens (tertiary/aromatic N) is 5. The second-order valence-electron chi connectivity index (χ2n) is 11.2. The molecule has 3 heterocycles. The summed E-state index contributed by atoms with van der Waals surface area (Å²) in [5, 5.41) is 18.1. The Kier molecular flexibility index (Phi) is 6.76. The van der Waals surface area contributed by atoms with Gasteiger partial charge in [-0.3, -0.25) is 4.68 Å². The number of hydrogen-bond acceptors (Lipinski definition) is 5. The van der Waals surface area contributed by atoms with Gasteiger partial charge in [-0.25, -0.2) is 13.2 Å². The number of hydrogen-bond donors (Lipinski definition) is 1. The summed E-state index contributed by atoms with van der Waals surface area (Å²) in [6.07, 6.45) is -0.117. The van der Waals surface area contributed by atoms with Gasteiger partial charge in [-0.15, -0.1) is 5.10 Å². The van der Waals surface area contributed by atoms with Crippen molar-refractivity contribution in [3.63, 3.8) is 0 Å². The number of aromatic nitrogens is 4. The summed E-state index contributed by atoms with van der Waals surface area (Å²) in [6, 6.07) is 11.6. The van der Waals surface area contributed by atoms with Gasteiger partial charge in [0.2, 0.25) is 10.0 Å². The Morgan fingerprint density at radius 3 is 2.60 bits per heavy atom. The van der Waals surface area contributed by atoms with E-state index in [9.17, 15) is 31.5 Å². The van der Waals surface area contributed by atoms with Crippen molar-refractivity contribution in [2.24, 2.45) is 13.0 Å². The van der Waals surface area contributed by atoms with E-state index in [1.54, 1.807) is 46.8 Å². The highest BCUT2D eigenvalue weighted by molar-refractivity contribution is 7.89. The third-order valence-electron chi connectivity index (χ3n) is 7.94. The van der Waals surface area contributed by atoms with Crippen LogP contribution in [0.1, 0.15) is 63.6 Å². The molecule has 0 unspecified atom stereocenters. The Morgan fingerprint density at radius 2 is 1.90 bits per heavy atom. The highest BCUT2D eigenvalue weighted by atomic mass is 32.2. The minimum atomic E-state index is -4.67.